The Kier molecular flexibility index (Phi) is 4.80. The van der Waals surface area contributed by atoms with Crippen molar-refractivity contribution in [3.05, 3.63) is 0 Å². The lowest BCUT2D eigenvalue weighted by atomic mass is 9.97. The van der Waals surface area contributed by atoms with Crippen LogP contribution in [0.5, 0.6) is 0 Å². The number of aliphatic hydroxyl groups excluding tert-OH is 1. The molecule has 17 heavy (non-hydrogen) atoms. The Labute approximate surface area is 103 Å². The Morgan fingerprint density at radius 1 is 1.35 bits per heavy atom. The molecule has 4 nitrogen and oxygen atoms in total. The topological polar surface area (TPSA) is 52.6 Å². The molecule has 0 spiro atoms. The van der Waals surface area contributed by atoms with Gasteiger partial charge >= 0.3 is 0 Å². The average Bonchev–Trinajstić information content (AvgIpc) is 2.84. The molecule has 2 aliphatic heterocycles. The molecule has 0 aliphatic carbocycles. The van der Waals surface area contributed by atoms with E-state index in [-0.39, 0.29) is 12.5 Å². The molecular weight excluding hydrogens is 216 g/mol. The van der Waals surface area contributed by atoms with Crippen molar-refractivity contribution in [2.45, 2.75) is 44.6 Å². The fraction of sp³-hybridized carbons (Fsp3) is 0.923. The van der Waals surface area contributed by atoms with E-state index in [1.807, 2.05) is 0 Å². The highest BCUT2D eigenvalue weighted by atomic mass is 16.3. The number of carbonyl (C=O) groups is 1. The third-order valence-corrected chi connectivity index (χ3v) is 4.00. The molecule has 1 unspecified atom stereocenters. The van der Waals surface area contributed by atoms with Gasteiger partial charge in [0.25, 0.3) is 0 Å². The highest BCUT2D eigenvalue weighted by Crippen LogP contribution is 2.25. The number of rotatable bonds is 4. The maximum Gasteiger partial charge on any atom is 0.227 e. The van der Waals surface area contributed by atoms with Gasteiger partial charge in [-0.15, -0.1) is 0 Å². The van der Waals surface area contributed by atoms with Crippen molar-refractivity contribution in [3.8, 4) is 0 Å². The van der Waals surface area contributed by atoms with Crippen molar-refractivity contribution < 1.29 is 9.90 Å². The molecule has 0 aromatic heterocycles. The van der Waals surface area contributed by atoms with E-state index in [0.717, 1.165) is 58.2 Å². The molecule has 0 aromatic carbocycles. The van der Waals surface area contributed by atoms with Crippen LogP contribution in [0, 0.1) is 5.92 Å². The van der Waals surface area contributed by atoms with Crippen LogP contribution in [-0.4, -0.2) is 48.2 Å². The summed E-state index contributed by atoms with van der Waals surface area (Å²) in [5.41, 5.74) is 0. The summed E-state index contributed by atoms with van der Waals surface area (Å²) < 4.78 is 0. The summed E-state index contributed by atoms with van der Waals surface area (Å²) in [7, 11) is 0. The average molecular weight is 240 g/mol. The zero-order valence-electron chi connectivity index (χ0n) is 10.5. The number of aliphatic hydroxyl groups is 1. The first-order valence-corrected chi connectivity index (χ1v) is 6.95. The van der Waals surface area contributed by atoms with Gasteiger partial charge in [0.2, 0.25) is 5.91 Å². The lowest BCUT2D eigenvalue weighted by molar-refractivity contribution is -0.137. The molecule has 0 bridgehead atoms. The lowest BCUT2D eigenvalue weighted by Gasteiger charge is -2.31. The van der Waals surface area contributed by atoms with Gasteiger partial charge in [0.1, 0.15) is 0 Å². The second-order valence-corrected chi connectivity index (χ2v) is 5.24. The van der Waals surface area contributed by atoms with Crippen LogP contribution in [0.2, 0.25) is 0 Å². The molecule has 98 valence electrons. The molecule has 2 fully saturated rings. The summed E-state index contributed by atoms with van der Waals surface area (Å²) in [4.78, 5) is 14.5. The molecule has 0 saturated carbocycles. The van der Waals surface area contributed by atoms with Gasteiger partial charge in [0.05, 0.1) is 5.92 Å². The van der Waals surface area contributed by atoms with Gasteiger partial charge in [-0.1, -0.05) is 0 Å². The van der Waals surface area contributed by atoms with E-state index >= 15 is 0 Å². The Balaban J connectivity index is 1.88. The Morgan fingerprint density at radius 2 is 2.24 bits per heavy atom. The standard InChI is InChI=1S/C13H24N2O2/c16-9-3-6-12-5-2-8-15(12)13(17)11-4-1-7-14-10-11/h11-12,14,16H,1-10H2/t11-,12?/m0/s1. The zero-order chi connectivity index (χ0) is 12.1. The van der Waals surface area contributed by atoms with E-state index in [1.165, 1.54) is 0 Å². The zero-order valence-corrected chi connectivity index (χ0v) is 10.5. The maximum atomic E-state index is 12.4. The summed E-state index contributed by atoms with van der Waals surface area (Å²) >= 11 is 0. The van der Waals surface area contributed by atoms with Crippen LogP contribution in [-0.2, 0) is 4.79 Å². The normalized spacial score (nSPS) is 29.6. The monoisotopic (exact) mass is 240 g/mol. The minimum absolute atomic E-state index is 0.193. The Hall–Kier alpha value is -0.610. The number of hydrogen-bond acceptors (Lipinski definition) is 3. The van der Waals surface area contributed by atoms with Gasteiger partial charge in [-0.3, -0.25) is 4.79 Å². The van der Waals surface area contributed by atoms with E-state index in [9.17, 15) is 4.79 Å². The molecule has 2 saturated heterocycles. The molecule has 2 atom stereocenters. The van der Waals surface area contributed by atoms with Crippen LogP contribution < -0.4 is 5.32 Å². The molecule has 4 heteroatoms. The fourth-order valence-electron chi connectivity index (χ4n) is 3.05. The highest BCUT2D eigenvalue weighted by Gasteiger charge is 2.32. The smallest absolute Gasteiger partial charge is 0.227 e. The number of likely N-dealkylation sites (tertiary alicyclic amines) is 1. The molecule has 0 aromatic rings. The van der Waals surface area contributed by atoms with Crippen LogP contribution in [0.3, 0.4) is 0 Å². The van der Waals surface area contributed by atoms with Crippen LogP contribution in [0.4, 0.5) is 0 Å². The molecule has 1 amide bonds. The summed E-state index contributed by atoms with van der Waals surface area (Å²) in [6.45, 7) is 3.06. The molecule has 2 heterocycles. The molecular formula is C13H24N2O2. The number of amides is 1. The summed E-state index contributed by atoms with van der Waals surface area (Å²) in [6, 6.07) is 0.386. The number of nitrogens with zero attached hydrogens (tertiary/aromatic N) is 1. The Bertz CT molecular complexity index is 252. The van der Waals surface area contributed by atoms with E-state index in [1.54, 1.807) is 0 Å². The third kappa shape index (κ3) is 3.19. The molecule has 2 rings (SSSR count). The fourth-order valence-corrected chi connectivity index (χ4v) is 3.05. The molecule has 2 N–H and O–H groups in total. The van der Waals surface area contributed by atoms with E-state index < -0.39 is 0 Å². The highest BCUT2D eigenvalue weighted by molar-refractivity contribution is 5.79. The second kappa shape index (κ2) is 6.36. The van der Waals surface area contributed by atoms with Crippen LogP contribution in [0.25, 0.3) is 0 Å². The van der Waals surface area contributed by atoms with Gasteiger partial charge in [-0.25, -0.2) is 0 Å². The predicted octanol–water partition coefficient (Wildman–Crippen LogP) is 0.749. The first-order valence-electron chi connectivity index (χ1n) is 6.95. The second-order valence-electron chi connectivity index (χ2n) is 5.24. The number of hydrogen-bond donors (Lipinski definition) is 2. The minimum Gasteiger partial charge on any atom is -0.396 e. The van der Waals surface area contributed by atoms with E-state index in [0.29, 0.717) is 11.9 Å². The van der Waals surface area contributed by atoms with Crippen molar-refractivity contribution in [1.82, 2.24) is 10.2 Å². The van der Waals surface area contributed by atoms with Crippen LogP contribution >= 0.6 is 0 Å². The van der Waals surface area contributed by atoms with Gasteiger partial charge in [0.15, 0.2) is 0 Å². The van der Waals surface area contributed by atoms with Gasteiger partial charge in [-0.05, 0) is 45.1 Å². The largest absolute Gasteiger partial charge is 0.396 e. The van der Waals surface area contributed by atoms with Crippen molar-refractivity contribution in [1.29, 1.82) is 0 Å². The van der Waals surface area contributed by atoms with E-state index in [2.05, 4.69) is 10.2 Å². The van der Waals surface area contributed by atoms with Gasteiger partial charge in [-0.2, -0.15) is 0 Å². The lowest BCUT2D eigenvalue weighted by Crippen LogP contribution is -2.45. The van der Waals surface area contributed by atoms with Crippen LogP contribution in [0.15, 0.2) is 0 Å². The summed E-state index contributed by atoms with van der Waals surface area (Å²) in [5.74, 6) is 0.538. The molecule has 2 aliphatic rings. The number of piperidine rings is 1. The number of carbonyl (C=O) groups excluding carboxylic acids is 1. The minimum atomic E-state index is 0.193. The van der Waals surface area contributed by atoms with Crippen molar-refractivity contribution in [2.24, 2.45) is 5.92 Å². The predicted molar refractivity (Wildman–Crippen MR) is 66.6 cm³/mol. The van der Waals surface area contributed by atoms with Crippen LogP contribution in [0.1, 0.15) is 38.5 Å². The number of nitrogens with one attached hydrogen (secondary N) is 1. The molecule has 0 radical (unpaired) electrons. The third-order valence-electron chi connectivity index (χ3n) is 4.00. The van der Waals surface area contributed by atoms with Gasteiger partial charge < -0.3 is 15.3 Å². The SMILES string of the molecule is O=C([C@H]1CCCNC1)N1CCCC1CCCO. The maximum absolute atomic E-state index is 12.4. The van der Waals surface area contributed by atoms with Crippen molar-refractivity contribution in [3.63, 3.8) is 0 Å². The summed E-state index contributed by atoms with van der Waals surface area (Å²) in [6.07, 6.45) is 6.17. The van der Waals surface area contributed by atoms with Gasteiger partial charge in [0, 0.05) is 25.7 Å². The van der Waals surface area contributed by atoms with E-state index in [4.69, 9.17) is 5.11 Å². The van der Waals surface area contributed by atoms with Crippen molar-refractivity contribution in [2.75, 3.05) is 26.2 Å². The Morgan fingerprint density at radius 3 is 2.94 bits per heavy atom. The first-order chi connectivity index (χ1) is 8.33. The summed E-state index contributed by atoms with van der Waals surface area (Å²) in [5, 5.41) is 12.2. The van der Waals surface area contributed by atoms with Crippen molar-refractivity contribution >= 4 is 5.91 Å². The quantitative estimate of drug-likeness (QED) is 0.762. The first kappa shape index (κ1) is 12.8.